The summed E-state index contributed by atoms with van der Waals surface area (Å²) < 4.78 is 0. The van der Waals surface area contributed by atoms with Crippen LogP contribution in [0.1, 0.15) is 44.6 Å². The van der Waals surface area contributed by atoms with Gasteiger partial charge in [0.1, 0.15) is 0 Å². The highest BCUT2D eigenvalue weighted by molar-refractivity contribution is 6.31. The summed E-state index contributed by atoms with van der Waals surface area (Å²) in [6, 6.07) is 10.5. The van der Waals surface area contributed by atoms with Gasteiger partial charge in [-0.05, 0) is 43.9 Å². The van der Waals surface area contributed by atoms with Gasteiger partial charge in [-0.15, -0.1) is 0 Å². The lowest BCUT2D eigenvalue weighted by Gasteiger charge is -2.49. The van der Waals surface area contributed by atoms with Gasteiger partial charge in [0.2, 0.25) is 0 Å². The van der Waals surface area contributed by atoms with Crippen molar-refractivity contribution in [2.45, 2.75) is 63.7 Å². The highest BCUT2D eigenvalue weighted by Crippen LogP contribution is 2.35. The molecule has 2 saturated heterocycles. The zero-order valence-corrected chi connectivity index (χ0v) is 13.1. The molecule has 20 heavy (non-hydrogen) atoms. The SMILES string of the molecule is CCNC1CC2CCCC(C1)N2Cc1ccccc1Cl. The maximum atomic E-state index is 6.34. The molecule has 0 amide bonds. The van der Waals surface area contributed by atoms with Crippen LogP contribution in [0.15, 0.2) is 24.3 Å². The fraction of sp³-hybridized carbons (Fsp3) is 0.647. The smallest absolute Gasteiger partial charge is 0.0451 e. The third-order valence-corrected chi connectivity index (χ3v) is 5.30. The molecule has 0 spiro atoms. The summed E-state index contributed by atoms with van der Waals surface area (Å²) >= 11 is 6.34. The second-order valence-electron chi connectivity index (χ2n) is 6.23. The monoisotopic (exact) mass is 292 g/mol. The van der Waals surface area contributed by atoms with Crippen molar-refractivity contribution >= 4 is 11.6 Å². The molecule has 2 bridgehead atoms. The maximum Gasteiger partial charge on any atom is 0.0451 e. The lowest BCUT2D eigenvalue weighted by molar-refractivity contribution is 0.0180. The van der Waals surface area contributed by atoms with Gasteiger partial charge in [0, 0.05) is 29.7 Å². The van der Waals surface area contributed by atoms with Crippen LogP contribution in [0.2, 0.25) is 5.02 Å². The first-order valence-electron chi connectivity index (χ1n) is 8.00. The van der Waals surface area contributed by atoms with Gasteiger partial charge in [-0.1, -0.05) is 43.1 Å². The lowest BCUT2D eigenvalue weighted by Crippen LogP contribution is -2.55. The van der Waals surface area contributed by atoms with Crippen molar-refractivity contribution in [3.63, 3.8) is 0 Å². The van der Waals surface area contributed by atoms with Crippen molar-refractivity contribution in [2.24, 2.45) is 0 Å². The van der Waals surface area contributed by atoms with Gasteiger partial charge in [-0.3, -0.25) is 4.90 Å². The number of hydrogen-bond donors (Lipinski definition) is 1. The number of piperidine rings is 2. The Morgan fingerprint density at radius 3 is 2.55 bits per heavy atom. The van der Waals surface area contributed by atoms with Crippen molar-refractivity contribution in [3.05, 3.63) is 34.9 Å². The van der Waals surface area contributed by atoms with Crippen LogP contribution in [0.25, 0.3) is 0 Å². The minimum absolute atomic E-state index is 0.720. The molecule has 0 radical (unpaired) electrons. The largest absolute Gasteiger partial charge is 0.314 e. The normalized spacial score (nSPS) is 30.4. The van der Waals surface area contributed by atoms with E-state index in [4.69, 9.17) is 11.6 Å². The number of hydrogen-bond acceptors (Lipinski definition) is 2. The number of rotatable bonds is 4. The Hall–Kier alpha value is -0.570. The molecule has 2 aliphatic rings. The minimum atomic E-state index is 0.720. The second kappa shape index (κ2) is 6.46. The first-order chi connectivity index (χ1) is 9.78. The maximum absolute atomic E-state index is 6.34. The number of halogens is 1. The first kappa shape index (κ1) is 14.4. The fourth-order valence-electron chi connectivity index (χ4n) is 4.02. The Labute approximate surface area is 127 Å². The van der Waals surface area contributed by atoms with Gasteiger partial charge < -0.3 is 5.32 Å². The highest BCUT2D eigenvalue weighted by atomic mass is 35.5. The number of nitrogens with zero attached hydrogens (tertiary/aromatic N) is 1. The van der Waals surface area contributed by atoms with E-state index in [9.17, 15) is 0 Å². The Morgan fingerprint density at radius 2 is 1.90 bits per heavy atom. The average Bonchev–Trinajstić information content (AvgIpc) is 2.42. The molecule has 0 saturated carbocycles. The Morgan fingerprint density at radius 1 is 1.20 bits per heavy atom. The van der Waals surface area contributed by atoms with Gasteiger partial charge in [0.05, 0.1) is 0 Å². The lowest BCUT2D eigenvalue weighted by atomic mass is 9.81. The molecule has 1 aromatic rings. The van der Waals surface area contributed by atoms with Crippen LogP contribution in [-0.2, 0) is 6.54 Å². The molecule has 2 fully saturated rings. The van der Waals surface area contributed by atoms with Crippen molar-refractivity contribution in [2.75, 3.05) is 6.54 Å². The molecule has 2 nitrogen and oxygen atoms in total. The van der Waals surface area contributed by atoms with E-state index >= 15 is 0 Å². The van der Waals surface area contributed by atoms with Crippen LogP contribution in [0.3, 0.4) is 0 Å². The zero-order valence-electron chi connectivity index (χ0n) is 12.3. The summed E-state index contributed by atoms with van der Waals surface area (Å²) in [5.41, 5.74) is 1.29. The molecule has 1 N–H and O–H groups in total. The van der Waals surface area contributed by atoms with Crippen LogP contribution < -0.4 is 5.32 Å². The summed E-state index contributed by atoms with van der Waals surface area (Å²) in [5.74, 6) is 0. The van der Waals surface area contributed by atoms with E-state index in [2.05, 4.69) is 29.3 Å². The third kappa shape index (κ3) is 3.03. The summed E-state index contributed by atoms with van der Waals surface area (Å²) in [6.07, 6.45) is 6.70. The summed E-state index contributed by atoms with van der Waals surface area (Å²) in [6.45, 7) is 4.33. The van der Waals surface area contributed by atoms with Gasteiger partial charge >= 0.3 is 0 Å². The molecule has 1 aromatic carbocycles. The molecule has 3 heteroatoms. The van der Waals surface area contributed by atoms with Crippen LogP contribution in [0, 0.1) is 0 Å². The predicted octanol–water partition coefficient (Wildman–Crippen LogP) is 3.84. The molecule has 2 aliphatic heterocycles. The topological polar surface area (TPSA) is 15.3 Å². The average molecular weight is 293 g/mol. The Balaban J connectivity index is 1.72. The molecule has 110 valence electrons. The van der Waals surface area contributed by atoms with Crippen LogP contribution >= 0.6 is 11.6 Å². The van der Waals surface area contributed by atoms with Gasteiger partial charge in [0.25, 0.3) is 0 Å². The molecule has 0 aromatic heterocycles. The minimum Gasteiger partial charge on any atom is -0.314 e. The van der Waals surface area contributed by atoms with Crippen molar-refractivity contribution in [1.29, 1.82) is 0 Å². The number of benzene rings is 1. The molecule has 2 unspecified atom stereocenters. The Kier molecular flexibility index (Phi) is 4.65. The van der Waals surface area contributed by atoms with Gasteiger partial charge in [0.15, 0.2) is 0 Å². The van der Waals surface area contributed by atoms with Crippen molar-refractivity contribution in [3.8, 4) is 0 Å². The Bertz CT molecular complexity index is 434. The zero-order chi connectivity index (χ0) is 13.9. The van der Waals surface area contributed by atoms with E-state index in [0.717, 1.165) is 36.2 Å². The molecule has 2 heterocycles. The van der Waals surface area contributed by atoms with Crippen LogP contribution in [-0.4, -0.2) is 29.6 Å². The van der Waals surface area contributed by atoms with E-state index in [-0.39, 0.29) is 0 Å². The highest BCUT2D eigenvalue weighted by Gasteiger charge is 2.37. The molecular weight excluding hydrogens is 268 g/mol. The quantitative estimate of drug-likeness (QED) is 0.907. The van der Waals surface area contributed by atoms with E-state index in [0.29, 0.717) is 0 Å². The molecule has 2 atom stereocenters. The van der Waals surface area contributed by atoms with Crippen LogP contribution in [0.5, 0.6) is 0 Å². The number of nitrogens with one attached hydrogen (secondary N) is 1. The second-order valence-corrected chi connectivity index (χ2v) is 6.64. The summed E-state index contributed by atoms with van der Waals surface area (Å²) in [7, 11) is 0. The summed E-state index contributed by atoms with van der Waals surface area (Å²) in [5, 5.41) is 4.57. The predicted molar refractivity (Wildman–Crippen MR) is 85.1 cm³/mol. The molecular formula is C17H25ClN2. The molecule has 0 aliphatic carbocycles. The van der Waals surface area contributed by atoms with Crippen molar-refractivity contribution < 1.29 is 0 Å². The van der Waals surface area contributed by atoms with Crippen LogP contribution in [0.4, 0.5) is 0 Å². The standard InChI is InChI=1S/C17H25ClN2/c1-2-19-14-10-15-7-5-8-16(11-14)20(15)12-13-6-3-4-9-17(13)18/h3-4,6,9,14-16,19H,2,5,7-8,10-12H2,1H3. The van der Waals surface area contributed by atoms with Gasteiger partial charge in [-0.2, -0.15) is 0 Å². The van der Waals surface area contributed by atoms with E-state index in [1.807, 2.05) is 12.1 Å². The first-order valence-corrected chi connectivity index (χ1v) is 8.38. The molecule has 3 rings (SSSR count). The third-order valence-electron chi connectivity index (χ3n) is 4.93. The van der Waals surface area contributed by atoms with E-state index in [1.165, 1.54) is 37.7 Å². The summed E-state index contributed by atoms with van der Waals surface area (Å²) in [4.78, 5) is 2.72. The van der Waals surface area contributed by atoms with Crippen molar-refractivity contribution in [1.82, 2.24) is 10.2 Å². The number of fused-ring (bicyclic) bond motifs is 2. The van der Waals surface area contributed by atoms with Gasteiger partial charge in [-0.25, -0.2) is 0 Å². The van der Waals surface area contributed by atoms with E-state index in [1.54, 1.807) is 0 Å². The fourth-order valence-corrected chi connectivity index (χ4v) is 4.21. The van der Waals surface area contributed by atoms with E-state index < -0.39 is 0 Å².